The van der Waals surface area contributed by atoms with Gasteiger partial charge in [-0.25, -0.2) is 4.98 Å². The summed E-state index contributed by atoms with van der Waals surface area (Å²) in [5.74, 6) is 0. The Hall–Kier alpha value is -3.89. The van der Waals surface area contributed by atoms with Gasteiger partial charge in [0.15, 0.2) is 0 Å². The predicted molar refractivity (Wildman–Crippen MR) is 168 cm³/mol. The highest BCUT2D eigenvalue weighted by Crippen LogP contribution is 2.16. The van der Waals surface area contributed by atoms with E-state index in [1.807, 2.05) is 12.5 Å². The Morgan fingerprint density at radius 3 is 1.58 bits per heavy atom. The van der Waals surface area contributed by atoms with Crippen LogP contribution in [0.1, 0.15) is 13.3 Å². The molecule has 38 heavy (non-hydrogen) atoms. The normalized spacial score (nSPS) is 11.1. The lowest BCUT2D eigenvalue weighted by Crippen LogP contribution is -2.61. The smallest absolute Gasteiger partial charge is 0.206 e. The quantitative estimate of drug-likeness (QED) is 0.186. The van der Waals surface area contributed by atoms with Gasteiger partial charge in [-0.1, -0.05) is 169 Å². The zero-order valence-electron chi connectivity index (χ0n) is 22.5. The number of nitrogens with zero attached hydrogens (tertiary/aromatic N) is 2. The molecule has 0 aliphatic heterocycles. The zero-order valence-corrected chi connectivity index (χ0v) is 23.5. The van der Waals surface area contributed by atoms with E-state index in [0.29, 0.717) is 6.71 Å². The van der Waals surface area contributed by atoms with Gasteiger partial charge in [0.1, 0.15) is 8.07 Å². The summed E-state index contributed by atoms with van der Waals surface area (Å²) in [6, 6.07) is 44.4. The summed E-state index contributed by atoms with van der Waals surface area (Å²) in [5.41, 5.74) is 2.75. The summed E-state index contributed by atoms with van der Waals surface area (Å²) in [6.07, 6.45) is 12.7. The van der Waals surface area contributed by atoms with Crippen LogP contribution in [-0.4, -0.2) is 24.3 Å². The van der Waals surface area contributed by atoms with Crippen LogP contribution in [-0.2, 0) is 6.17 Å². The Morgan fingerprint density at radius 2 is 1.16 bits per heavy atom. The van der Waals surface area contributed by atoms with Crippen molar-refractivity contribution in [2.45, 2.75) is 32.4 Å². The van der Waals surface area contributed by atoms with E-state index in [9.17, 15) is 0 Å². The van der Waals surface area contributed by atoms with Crippen molar-refractivity contribution in [1.82, 2.24) is 9.55 Å². The van der Waals surface area contributed by atoms with Crippen LogP contribution in [0.5, 0.6) is 0 Å². The standard InChI is InChI=1S/C21H24N2Si.C13H13B/c1-2-3-10-17-24(19-23-16-15-22-18-23,20-11-6-4-7-12-20)21-13-8-5-9-14-21;1-14(12-8-4-2-5-9-12)13-10-6-3-7-11-13/h3-16,18H,2,17,19H2,1H3;2-11H,1H3. The van der Waals surface area contributed by atoms with Gasteiger partial charge >= 0.3 is 0 Å². The van der Waals surface area contributed by atoms with E-state index in [-0.39, 0.29) is 0 Å². The number of aromatic nitrogens is 2. The molecule has 1 heterocycles. The molecule has 0 atom stereocenters. The van der Waals surface area contributed by atoms with Crippen molar-refractivity contribution >= 4 is 36.1 Å². The molecule has 0 saturated heterocycles. The number of benzene rings is 4. The molecule has 2 nitrogen and oxygen atoms in total. The molecule has 5 aromatic rings. The summed E-state index contributed by atoms with van der Waals surface area (Å²) in [7, 11) is -1.95. The lowest BCUT2D eigenvalue weighted by atomic mass is 9.43. The molecule has 0 aliphatic rings. The third-order valence-corrected chi connectivity index (χ3v) is 11.8. The fourth-order valence-electron chi connectivity index (χ4n) is 4.98. The molecule has 190 valence electrons. The molecule has 0 saturated carbocycles. The minimum Gasteiger partial charge on any atom is -0.340 e. The SMILES string of the molecule is CB(c1ccccc1)c1ccccc1.CCC=CC[Si](Cn1ccnc1)(c1ccccc1)c1ccccc1. The fraction of sp³-hybridized carbons (Fsp3) is 0.147. The maximum absolute atomic E-state index is 4.26. The summed E-state index contributed by atoms with van der Waals surface area (Å²) in [6.45, 7) is 4.92. The van der Waals surface area contributed by atoms with Gasteiger partial charge in [0, 0.05) is 18.6 Å². The number of allylic oxidation sites excluding steroid dienone is 2. The second kappa shape index (κ2) is 14.2. The van der Waals surface area contributed by atoms with Crippen molar-refractivity contribution in [3.63, 3.8) is 0 Å². The molecule has 5 rings (SSSR count). The molecule has 0 amide bonds. The monoisotopic (exact) mass is 512 g/mol. The molecular weight excluding hydrogens is 475 g/mol. The van der Waals surface area contributed by atoms with Crippen LogP contribution >= 0.6 is 0 Å². The van der Waals surface area contributed by atoms with Gasteiger partial charge in [0.2, 0.25) is 6.71 Å². The highest BCUT2D eigenvalue weighted by atomic mass is 28.3. The Balaban J connectivity index is 0.000000204. The molecule has 1 aromatic heterocycles. The first-order valence-corrected chi connectivity index (χ1v) is 16.0. The Morgan fingerprint density at radius 1 is 0.684 bits per heavy atom. The van der Waals surface area contributed by atoms with E-state index in [1.165, 1.54) is 21.3 Å². The average Bonchev–Trinajstić information content (AvgIpc) is 3.51. The van der Waals surface area contributed by atoms with Crippen molar-refractivity contribution < 1.29 is 0 Å². The number of imidazole rings is 1. The summed E-state index contributed by atoms with van der Waals surface area (Å²) in [4.78, 5) is 4.26. The second-order valence-electron chi connectivity index (χ2n) is 9.68. The molecule has 0 N–H and O–H groups in total. The van der Waals surface area contributed by atoms with Gasteiger partial charge in [0.25, 0.3) is 0 Å². The first-order chi connectivity index (χ1) is 18.7. The summed E-state index contributed by atoms with van der Waals surface area (Å²) < 4.78 is 2.24. The van der Waals surface area contributed by atoms with E-state index in [4.69, 9.17) is 0 Å². The van der Waals surface area contributed by atoms with Crippen LogP contribution in [0.25, 0.3) is 0 Å². The zero-order chi connectivity index (χ0) is 26.5. The number of hydrogen-bond acceptors (Lipinski definition) is 1. The molecule has 0 fully saturated rings. The minimum absolute atomic E-state index is 0.484. The highest BCUT2D eigenvalue weighted by Gasteiger charge is 2.36. The van der Waals surface area contributed by atoms with E-state index >= 15 is 0 Å². The third-order valence-electron chi connectivity index (χ3n) is 7.13. The first kappa shape index (κ1) is 27.2. The maximum atomic E-state index is 4.26. The maximum Gasteiger partial charge on any atom is 0.206 e. The van der Waals surface area contributed by atoms with Crippen molar-refractivity contribution in [2.75, 3.05) is 0 Å². The Labute approximate surface area is 229 Å². The summed E-state index contributed by atoms with van der Waals surface area (Å²) >= 11 is 0. The van der Waals surface area contributed by atoms with Crippen molar-refractivity contribution in [3.8, 4) is 0 Å². The summed E-state index contributed by atoms with van der Waals surface area (Å²) in [5, 5.41) is 2.95. The lowest BCUT2D eigenvalue weighted by Gasteiger charge is -2.32. The van der Waals surface area contributed by atoms with Gasteiger partial charge in [-0.15, -0.1) is 0 Å². The molecule has 4 heteroatoms. The van der Waals surface area contributed by atoms with Crippen LogP contribution in [0.3, 0.4) is 0 Å². The third kappa shape index (κ3) is 7.11. The van der Waals surface area contributed by atoms with Gasteiger partial charge < -0.3 is 4.57 Å². The molecule has 0 bridgehead atoms. The fourth-order valence-corrected chi connectivity index (χ4v) is 9.32. The van der Waals surface area contributed by atoms with Crippen LogP contribution in [0.2, 0.25) is 12.9 Å². The molecular formula is C34H37BN2Si. The van der Waals surface area contributed by atoms with Gasteiger partial charge in [-0.2, -0.15) is 0 Å². The Bertz CT molecular complexity index is 1260. The van der Waals surface area contributed by atoms with Gasteiger partial charge in [0.05, 0.1) is 6.33 Å². The Kier molecular flexibility index (Phi) is 10.1. The van der Waals surface area contributed by atoms with Crippen LogP contribution in [0, 0.1) is 0 Å². The van der Waals surface area contributed by atoms with E-state index in [2.05, 4.69) is 163 Å². The van der Waals surface area contributed by atoms with Gasteiger partial charge in [-0.3, -0.25) is 0 Å². The second-order valence-corrected chi connectivity index (χ2v) is 13.7. The minimum atomic E-state index is -1.95. The van der Waals surface area contributed by atoms with Crippen LogP contribution < -0.4 is 21.3 Å². The molecule has 0 spiro atoms. The molecule has 4 aromatic carbocycles. The van der Waals surface area contributed by atoms with Crippen LogP contribution in [0.4, 0.5) is 0 Å². The van der Waals surface area contributed by atoms with E-state index in [1.54, 1.807) is 0 Å². The topological polar surface area (TPSA) is 17.8 Å². The van der Waals surface area contributed by atoms with E-state index in [0.717, 1.165) is 18.6 Å². The number of hydrogen-bond donors (Lipinski definition) is 0. The average molecular weight is 513 g/mol. The van der Waals surface area contributed by atoms with Gasteiger partial charge in [-0.05, 0) is 12.5 Å². The first-order valence-electron chi connectivity index (χ1n) is 13.5. The largest absolute Gasteiger partial charge is 0.340 e. The van der Waals surface area contributed by atoms with Crippen LogP contribution in [0.15, 0.2) is 152 Å². The van der Waals surface area contributed by atoms with Crippen molar-refractivity contribution in [3.05, 3.63) is 152 Å². The predicted octanol–water partition coefficient (Wildman–Crippen LogP) is 5.58. The van der Waals surface area contributed by atoms with Crippen molar-refractivity contribution in [2.24, 2.45) is 0 Å². The molecule has 0 aliphatic carbocycles. The highest BCUT2D eigenvalue weighted by molar-refractivity contribution is 7.01. The van der Waals surface area contributed by atoms with Crippen molar-refractivity contribution in [1.29, 1.82) is 0 Å². The lowest BCUT2D eigenvalue weighted by molar-refractivity contribution is 0.855. The molecule has 0 radical (unpaired) electrons. The van der Waals surface area contributed by atoms with E-state index < -0.39 is 8.07 Å². The number of rotatable bonds is 9. The molecule has 0 unspecified atom stereocenters.